The molecule has 4 aromatic rings. The molecule has 1 N–H and O–H groups in total. The number of hydrogen-bond acceptors (Lipinski definition) is 4. The number of rotatable bonds is 4. The lowest BCUT2D eigenvalue weighted by molar-refractivity contribution is 0.0746. The zero-order valence-corrected chi connectivity index (χ0v) is 18.2. The Balaban J connectivity index is 1.92. The summed E-state index contributed by atoms with van der Waals surface area (Å²) in [7, 11) is -3.84. The molecule has 0 aliphatic rings. The molecular weight excluding hydrogens is 441 g/mol. The molecule has 0 radical (unpaired) electrons. The van der Waals surface area contributed by atoms with Gasteiger partial charge in [-0.2, -0.15) is 0 Å². The van der Waals surface area contributed by atoms with E-state index in [9.17, 15) is 26.7 Å². The molecule has 5 nitrogen and oxygen atoms in total. The number of halogens is 3. The first-order valence-corrected chi connectivity index (χ1v) is 11.5. The number of fused-ring (bicyclic) bond motifs is 1. The molecule has 2 aromatic heterocycles. The first-order chi connectivity index (χ1) is 14.9. The summed E-state index contributed by atoms with van der Waals surface area (Å²) in [6.45, 7) is 2.92. The van der Waals surface area contributed by atoms with E-state index in [-0.39, 0.29) is 27.2 Å². The normalized spacial score (nSPS) is 12.5. The summed E-state index contributed by atoms with van der Waals surface area (Å²) in [4.78, 5) is 3.76. The van der Waals surface area contributed by atoms with Crippen LogP contribution in [0.5, 0.6) is 0 Å². The van der Waals surface area contributed by atoms with E-state index in [1.165, 1.54) is 54.9 Å². The Morgan fingerprint density at radius 1 is 1.00 bits per heavy atom. The van der Waals surface area contributed by atoms with Crippen LogP contribution >= 0.6 is 0 Å². The van der Waals surface area contributed by atoms with Crippen molar-refractivity contribution in [2.75, 3.05) is 6.26 Å². The second-order valence-electron chi connectivity index (χ2n) is 8.05. The van der Waals surface area contributed by atoms with E-state index in [2.05, 4.69) is 4.98 Å². The number of aliphatic hydroxyl groups is 1. The van der Waals surface area contributed by atoms with Gasteiger partial charge in [0.05, 0.1) is 22.4 Å². The van der Waals surface area contributed by atoms with Crippen LogP contribution in [0.2, 0.25) is 0 Å². The SMILES string of the molecule is CC(C)(O)c1ccn2c(-c3ccc(F)c(-c4ccc(F)cc4S(C)(=O)=O)c3)cnc2c1F. The van der Waals surface area contributed by atoms with Crippen LogP contribution in [0.25, 0.3) is 28.0 Å². The predicted molar refractivity (Wildman–Crippen MR) is 114 cm³/mol. The highest BCUT2D eigenvalue weighted by Gasteiger charge is 2.24. The van der Waals surface area contributed by atoms with Crippen LogP contribution in [0.1, 0.15) is 19.4 Å². The molecule has 0 spiro atoms. The summed E-state index contributed by atoms with van der Waals surface area (Å²) < 4.78 is 69.1. The molecule has 166 valence electrons. The molecule has 0 atom stereocenters. The molecule has 0 amide bonds. The molecule has 0 aliphatic heterocycles. The van der Waals surface area contributed by atoms with E-state index in [0.29, 0.717) is 11.3 Å². The van der Waals surface area contributed by atoms with Crippen LogP contribution < -0.4 is 0 Å². The zero-order valence-electron chi connectivity index (χ0n) is 17.4. The second-order valence-corrected chi connectivity index (χ2v) is 10.0. The Hall–Kier alpha value is -3.17. The van der Waals surface area contributed by atoms with Crippen molar-refractivity contribution in [3.05, 3.63) is 77.9 Å². The van der Waals surface area contributed by atoms with Crippen molar-refractivity contribution in [3.8, 4) is 22.4 Å². The number of hydrogen-bond donors (Lipinski definition) is 1. The Bertz CT molecular complexity index is 1470. The van der Waals surface area contributed by atoms with Crippen molar-refractivity contribution >= 4 is 15.5 Å². The first-order valence-electron chi connectivity index (χ1n) is 9.56. The first kappa shape index (κ1) is 22.0. The molecule has 0 bridgehead atoms. The maximum atomic E-state index is 14.9. The molecule has 4 rings (SSSR count). The molecule has 0 unspecified atom stereocenters. The number of imidazole rings is 1. The fraction of sp³-hybridized carbons (Fsp3) is 0.174. The van der Waals surface area contributed by atoms with Crippen molar-refractivity contribution < 1.29 is 26.7 Å². The Morgan fingerprint density at radius 2 is 1.72 bits per heavy atom. The van der Waals surface area contributed by atoms with Crippen LogP contribution in [0.15, 0.2) is 59.8 Å². The van der Waals surface area contributed by atoms with Gasteiger partial charge in [-0.25, -0.2) is 26.6 Å². The average Bonchev–Trinajstić information content (AvgIpc) is 3.12. The van der Waals surface area contributed by atoms with Gasteiger partial charge in [-0.15, -0.1) is 0 Å². The zero-order chi connectivity index (χ0) is 23.4. The second kappa shape index (κ2) is 7.46. The van der Waals surface area contributed by atoms with E-state index >= 15 is 0 Å². The van der Waals surface area contributed by atoms with E-state index < -0.39 is 32.9 Å². The average molecular weight is 460 g/mol. The van der Waals surface area contributed by atoms with Gasteiger partial charge in [-0.3, -0.25) is 4.40 Å². The lowest BCUT2D eigenvalue weighted by Crippen LogP contribution is -2.18. The van der Waals surface area contributed by atoms with Crippen LogP contribution in [0.4, 0.5) is 13.2 Å². The quantitative estimate of drug-likeness (QED) is 0.479. The summed E-state index contributed by atoms with van der Waals surface area (Å²) in [6.07, 6.45) is 3.85. The third-order valence-electron chi connectivity index (χ3n) is 5.17. The van der Waals surface area contributed by atoms with Gasteiger partial charge in [0.25, 0.3) is 0 Å². The Morgan fingerprint density at radius 3 is 2.38 bits per heavy atom. The number of sulfone groups is 1. The van der Waals surface area contributed by atoms with Crippen molar-refractivity contribution in [1.82, 2.24) is 9.38 Å². The van der Waals surface area contributed by atoms with Gasteiger partial charge in [0.15, 0.2) is 21.3 Å². The minimum absolute atomic E-state index is 0.0116. The molecule has 0 fully saturated rings. The van der Waals surface area contributed by atoms with Gasteiger partial charge in [-0.05, 0) is 50.2 Å². The number of aromatic nitrogens is 2. The highest BCUT2D eigenvalue weighted by atomic mass is 32.2. The van der Waals surface area contributed by atoms with Crippen molar-refractivity contribution in [3.63, 3.8) is 0 Å². The molecular formula is C23H19F3N2O3S. The molecule has 0 saturated carbocycles. The molecule has 2 heterocycles. The predicted octanol–water partition coefficient (Wildman–Crippen LogP) is 4.72. The third kappa shape index (κ3) is 3.78. The van der Waals surface area contributed by atoms with Gasteiger partial charge in [0, 0.05) is 34.7 Å². The van der Waals surface area contributed by atoms with Crippen molar-refractivity contribution in [1.29, 1.82) is 0 Å². The topological polar surface area (TPSA) is 71.7 Å². The Kier molecular flexibility index (Phi) is 5.14. The lowest BCUT2D eigenvalue weighted by atomic mass is 9.99. The molecule has 32 heavy (non-hydrogen) atoms. The van der Waals surface area contributed by atoms with E-state index in [0.717, 1.165) is 24.5 Å². The summed E-state index contributed by atoms with van der Waals surface area (Å²) in [5, 5.41) is 10.2. The minimum Gasteiger partial charge on any atom is -0.386 e. The highest BCUT2D eigenvalue weighted by Crippen LogP contribution is 2.34. The van der Waals surface area contributed by atoms with E-state index in [1.807, 2.05) is 0 Å². The van der Waals surface area contributed by atoms with Gasteiger partial charge < -0.3 is 5.11 Å². The van der Waals surface area contributed by atoms with E-state index in [4.69, 9.17) is 0 Å². The smallest absolute Gasteiger partial charge is 0.176 e. The van der Waals surface area contributed by atoms with Crippen LogP contribution in [0.3, 0.4) is 0 Å². The van der Waals surface area contributed by atoms with Crippen LogP contribution in [-0.4, -0.2) is 29.2 Å². The standard InChI is InChI=1S/C23H19F3N2O3S/c1-23(2,29)17-8-9-28-19(12-27-22(28)21(17)26)13-4-7-18(25)16(10-13)15-6-5-14(24)11-20(15)32(3,30)31/h4-12,29H,1-3H3. The minimum atomic E-state index is -3.84. The monoisotopic (exact) mass is 460 g/mol. The lowest BCUT2D eigenvalue weighted by Gasteiger charge is -2.18. The fourth-order valence-corrected chi connectivity index (χ4v) is 4.52. The third-order valence-corrected chi connectivity index (χ3v) is 6.31. The highest BCUT2D eigenvalue weighted by molar-refractivity contribution is 7.90. The van der Waals surface area contributed by atoms with E-state index in [1.54, 1.807) is 0 Å². The van der Waals surface area contributed by atoms with Gasteiger partial charge in [0.1, 0.15) is 11.6 Å². The summed E-state index contributed by atoms with van der Waals surface area (Å²) >= 11 is 0. The summed E-state index contributed by atoms with van der Waals surface area (Å²) in [6, 6.07) is 8.55. The van der Waals surface area contributed by atoms with Gasteiger partial charge in [0.2, 0.25) is 0 Å². The van der Waals surface area contributed by atoms with Crippen LogP contribution in [-0.2, 0) is 15.4 Å². The number of benzene rings is 2. The Labute approximate surface area is 182 Å². The molecule has 0 saturated heterocycles. The maximum absolute atomic E-state index is 14.9. The number of pyridine rings is 1. The maximum Gasteiger partial charge on any atom is 0.176 e. The molecule has 2 aromatic carbocycles. The summed E-state index contributed by atoms with van der Waals surface area (Å²) in [5.74, 6) is -2.15. The number of nitrogens with zero attached hydrogens (tertiary/aromatic N) is 2. The van der Waals surface area contributed by atoms with Gasteiger partial charge in [-0.1, -0.05) is 6.07 Å². The van der Waals surface area contributed by atoms with Crippen molar-refractivity contribution in [2.24, 2.45) is 0 Å². The molecule has 9 heteroatoms. The largest absolute Gasteiger partial charge is 0.386 e. The fourth-order valence-electron chi connectivity index (χ4n) is 3.62. The molecule has 0 aliphatic carbocycles. The van der Waals surface area contributed by atoms with Crippen LogP contribution in [0, 0.1) is 17.5 Å². The summed E-state index contributed by atoms with van der Waals surface area (Å²) in [5.41, 5.74) is -0.538. The van der Waals surface area contributed by atoms with Crippen molar-refractivity contribution in [2.45, 2.75) is 24.3 Å². The van der Waals surface area contributed by atoms with Gasteiger partial charge >= 0.3 is 0 Å².